The lowest BCUT2D eigenvalue weighted by Crippen LogP contribution is -1.55. The molecule has 1 rings (SSSR count). The molecule has 0 radical (unpaired) electrons. The lowest BCUT2D eigenvalue weighted by molar-refractivity contribution is 1.41. The van der Waals surface area contributed by atoms with E-state index < -0.39 is 0 Å². The first-order valence-electron chi connectivity index (χ1n) is 1.89. The van der Waals surface area contributed by atoms with Gasteiger partial charge in [0.15, 0.2) is 0 Å². The third-order valence-corrected chi connectivity index (χ3v) is 2.37. The molecule has 0 saturated heterocycles. The molecule has 0 atom stereocenters. The zero-order chi connectivity index (χ0) is 6.15. The van der Waals surface area contributed by atoms with E-state index in [1.165, 1.54) is 0 Å². The molecule has 0 aliphatic heterocycles. The summed E-state index contributed by atoms with van der Waals surface area (Å²) in [5.41, 5.74) is 0. The van der Waals surface area contributed by atoms with Gasteiger partial charge in [-0.25, -0.2) is 0 Å². The van der Waals surface area contributed by atoms with Crippen LogP contribution >= 0.6 is 39.1 Å². The first kappa shape index (κ1) is 6.46. The van der Waals surface area contributed by atoms with Gasteiger partial charge in [-0.3, -0.25) is 0 Å². The monoisotopic (exact) mass is 213 g/mol. The molecular weight excluding hydrogens is 213 g/mol. The van der Waals surface area contributed by atoms with Crippen molar-refractivity contribution in [2.24, 2.45) is 0 Å². The van der Waals surface area contributed by atoms with Crippen molar-refractivity contribution in [1.29, 1.82) is 0 Å². The molecule has 0 spiro atoms. The number of aromatic amines is 1. The molecule has 1 aromatic heterocycles. The summed E-state index contributed by atoms with van der Waals surface area (Å²) in [6.45, 7) is 0. The molecule has 0 unspecified atom stereocenters. The molecule has 44 valence electrons. The van der Waals surface area contributed by atoms with Crippen LogP contribution in [0.25, 0.3) is 0 Å². The molecule has 0 saturated carbocycles. The largest absolute Gasteiger partial charge is 0.350 e. The molecule has 0 amide bonds. The van der Waals surface area contributed by atoms with Crippen LogP contribution in [0.5, 0.6) is 0 Å². The lowest BCUT2D eigenvalue weighted by atomic mass is 10.7. The lowest BCUT2D eigenvalue weighted by Gasteiger charge is -1.79. The fraction of sp³-hybridized carbons (Fsp3) is 0. The molecular formula is C4H2BrCl2N. The molecule has 1 N–H and O–H groups in total. The van der Waals surface area contributed by atoms with E-state index in [4.69, 9.17) is 23.2 Å². The summed E-state index contributed by atoms with van der Waals surface area (Å²) < 4.78 is 0.796. The predicted molar refractivity (Wildman–Crippen MR) is 38.5 cm³/mol. The van der Waals surface area contributed by atoms with Crippen molar-refractivity contribution in [3.8, 4) is 0 Å². The van der Waals surface area contributed by atoms with Crippen molar-refractivity contribution in [2.45, 2.75) is 0 Å². The van der Waals surface area contributed by atoms with Crippen LogP contribution in [0, 0.1) is 0 Å². The molecule has 0 aliphatic carbocycles. The van der Waals surface area contributed by atoms with Crippen molar-refractivity contribution in [1.82, 2.24) is 4.98 Å². The summed E-state index contributed by atoms with van der Waals surface area (Å²) >= 11 is 14.3. The third kappa shape index (κ3) is 1.02. The van der Waals surface area contributed by atoms with E-state index in [1.54, 1.807) is 6.20 Å². The van der Waals surface area contributed by atoms with Gasteiger partial charge in [-0.15, -0.1) is 0 Å². The second-order valence-corrected chi connectivity index (χ2v) is 2.87. The maximum absolute atomic E-state index is 5.58. The topological polar surface area (TPSA) is 15.8 Å². The highest BCUT2D eigenvalue weighted by atomic mass is 79.9. The Balaban J connectivity index is 3.19. The van der Waals surface area contributed by atoms with Gasteiger partial charge >= 0.3 is 0 Å². The average molecular weight is 215 g/mol. The SMILES string of the molecule is Clc1[nH]cc(Br)c1Cl. The molecule has 1 nitrogen and oxygen atoms in total. The van der Waals surface area contributed by atoms with Crippen molar-refractivity contribution in [3.05, 3.63) is 20.8 Å². The Morgan fingerprint density at radius 3 is 2.25 bits per heavy atom. The molecule has 1 heterocycles. The Morgan fingerprint density at radius 1 is 1.50 bits per heavy atom. The van der Waals surface area contributed by atoms with E-state index >= 15 is 0 Å². The van der Waals surface area contributed by atoms with Gasteiger partial charge in [0.2, 0.25) is 0 Å². The second-order valence-electron chi connectivity index (χ2n) is 1.26. The van der Waals surface area contributed by atoms with Crippen molar-refractivity contribution in [2.75, 3.05) is 0 Å². The summed E-state index contributed by atoms with van der Waals surface area (Å²) in [7, 11) is 0. The summed E-state index contributed by atoms with van der Waals surface area (Å²) in [5.74, 6) is 0. The highest BCUT2D eigenvalue weighted by Crippen LogP contribution is 2.28. The fourth-order valence-electron chi connectivity index (χ4n) is 0.358. The second kappa shape index (κ2) is 2.29. The average Bonchev–Trinajstić information content (AvgIpc) is 1.98. The molecule has 8 heavy (non-hydrogen) atoms. The zero-order valence-corrected chi connectivity index (χ0v) is 6.81. The van der Waals surface area contributed by atoms with Crippen LogP contribution in [-0.4, -0.2) is 4.98 Å². The third-order valence-electron chi connectivity index (χ3n) is 0.728. The highest BCUT2D eigenvalue weighted by Gasteiger charge is 2.01. The molecule has 1 aromatic rings. The number of rotatable bonds is 0. The Kier molecular flexibility index (Phi) is 1.85. The van der Waals surface area contributed by atoms with E-state index in [-0.39, 0.29) is 0 Å². The standard InChI is InChI=1S/C4H2BrCl2N/c5-2-1-8-4(7)3(2)6/h1,8H. The van der Waals surface area contributed by atoms with Crippen molar-refractivity contribution >= 4 is 39.1 Å². The number of hydrogen-bond donors (Lipinski definition) is 1. The summed E-state index contributed by atoms with van der Waals surface area (Å²) in [4.78, 5) is 2.72. The Labute approximate surface area is 65.1 Å². The predicted octanol–water partition coefficient (Wildman–Crippen LogP) is 3.08. The van der Waals surface area contributed by atoms with E-state index in [1.807, 2.05) is 0 Å². The molecule has 0 bridgehead atoms. The van der Waals surface area contributed by atoms with Gasteiger partial charge < -0.3 is 4.98 Å². The number of halogens is 3. The van der Waals surface area contributed by atoms with Gasteiger partial charge in [0.25, 0.3) is 0 Å². The van der Waals surface area contributed by atoms with E-state index in [2.05, 4.69) is 20.9 Å². The van der Waals surface area contributed by atoms with E-state index in [0.717, 1.165) is 4.47 Å². The van der Waals surface area contributed by atoms with Gasteiger partial charge in [0.1, 0.15) is 5.15 Å². The van der Waals surface area contributed by atoms with Crippen molar-refractivity contribution in [3.63, 3.8) is 0 Å². The fourth-order valence-corrected chi connectivity index (χ4v) is 1.05. The van der Waals surface area contributed by atoms with Crippen LogP contribution in [0.15, 0.2) is 10.7 Å². The van der Waals surface area contributed by atoms with Crippen LogP contribution in [0.2, 0.25) is 10.2 Å². The Bertz CT molecular complexity index is 176. The first-order valence-corrected chi connectivity index (χ1v) is 3.44. The highest BCUT2D eigenvalue weighted by molar-refractivity contribution is 9.10. The van der Waals surface area contributed by atoms with Crippen LogP contribution in [0.1, 0.15) is 0 Å². The normalized spacial score (nSPS) is 9.88. The van der Waals surface area contributed by atoms with Gasteiger partial charge in [0.05, 0.1) is 9.50 Å². The molecule has 0 aliphatic rings. The van der Waals surface area contributed by atoms with Gasteiger partial charge in [0, 0.05) is 6.20 Å². The number of aromatic nitrogens is 1. The number of hydrogen-bond acceptors (Lipinski definition) is 0. The van der Waals surface area contributed by atoms with Gasteiger partial charge in [-0.1, -0.05) is 23.2 Å². The van der Waals surface area contributed by atoms with E-state index in [9.17, 15) is 0 Å². The van der Waals surface area contributed by atoms with Crippen LogP contribution in [-0.2, 0) is 0 Å². The molecule has 4 heteroatoms. The van der Waals surface area contributed by atoms with Gasteiger partial charge in [-0.2, -0.15) is 0 Å². The number of nitrogens with one attached hydrogen (secondary N) is 1. The summed E-state index contributed by atoms with van der Waals surface area (Å²) in [6, 6.07) is 0. The number of H-pyrrole nitrogens is 1. The maximum atomic E-state index is 5.58. The van der Waals surface area contributed by atoms with Crippen LogP contribution in [0.3, 0.4) is 0 Å². The summed E-state index contributed by atoms with van der Waals surface area (Å²) in [5, 5.41) is 1.00. The van der Waals surface area contributed by atoms with Crippen LogP contribution < -0.4 is 0 Å². The minimum atomic E-state index is 0.471. The summed E-state index contributed by atoms with van der Waals surface area (Å²) in [6.07, 6.45) is 1.69. The van der Waals surface area contributed by atoms with Crippen LogP contribution in [0.4, 0.5) is 0 Å². The Morgan fingerprint density at radius 2 is 2.12 bits per heavy atom. The quantitative estimate of drug-likeness (QED) is 0.684. The van der Waals surface area contributed by atoms with Crippen molar-refractivity contribution < 1.29 is 0 Å². The Hall–Kier alpha value is 0.340. The first-order chi connectivity index (χ1) is 3.72. The van der Waals surface area contributed by atoms with Gasteiger partial charge in [-0.05, 0) is 15.9 Å². The zero-order valence-electron chi connectivity index (χ0n) is 3.71. The minimum absolute atomic E-state index is 0.471. The smallest absolute Gasteiger partial charge is 0.126 e. The molecule has 0 aromatic carbocycles. The van der Waals surface area contributed by atoms with E-state index in [0.29, 0.717) is 10.2 Å². The maximum Gasteiger partial charge on any atom is 0.126 e. The minimum Gasteiger partial charge on any atom is -0.350 e. The molecule has 0 fully saturated rings.